The highest BCUT2D eigenvalue weighted by Gasteiger charge is 2.23. The molecule has 0 heterocycles. The lowest BCUT2D eigenvalue weighted by Crippen LogP contribution is -2.30. The Kier molecular flexibility index (Phi) is 4.91. The van der Waals surface area contributed by atoms with Crippen molar-refractivity contribution in [3.05, 3.63) is 59.1 Å². The zero-order valence-electron chi connectivity index (χ0n) is 12.1. The Labute approximate surface area is 131 Å². The summed E-state index contributed by atoms with van der Waals surface area (Å²) in [6, 6.07) is 13.8. The molecular weight excluding hydrogens is 306 g/mol. The maximum atomic E-state index is 12.7. The maximum Gasteiger partial charge on any atom is 0.264 e. The van der Waals surface area contributed by atoms with Gasteiger partial charge in [0.2, 0.25) is 0 Å². The molecule has 0 aliphatic heterocycles. The van der Waals surface area contributed by atoms with Crippen molar-refractivity contribution in [1.29, 1.82) is 0 Å². The lowest BCUT2D eigenvalue weighted by molar-refractivity contribution is 0.592. The van der Waals surface area contributed by atoms with E-state index >= 15 is 0 Å². The van der Waals surface area contributed by atoms with Crippen LogP contribution in [0.3, 0.4) is 0 Å². The van der Waals surface area contributed by atoms with Crippen LogP contribution in [0.5, 0.6) is 0 Å². The molecule has 0 unspecified atom stereocenters. The number of aryl methyl sites for hydroxylation is 1. The van der Waals surface area contributed by atoms with E-state index in [0.29, 0.717) is 17.3 Å². The smallest absolute Gasteiger partial charge is 0.264 e. The molecule has 3 nitrogen and oxygen atoms in total. The molecule has 2 aromatic rings. The van der Waals surface area contributed by atoms with Crippen LogP contribution in [0.1, 0.15) is 19.4 Å². The van der Waals surface area contributed by atoms with Crippen molar-refractivity contribution in [2.45, 2.75) is 25.2 Å². The Morgan fingerprint density at radius 3 is 2.00 bits per heavy atom. The van der Waals surface area contributed by atoms with Crippen LogP contribution in [0.25, 0.3) is 0 Å². The number of hydrogen-bond acceptors (Lipinski definition) is 2. The maximum absolute atomic E-state index is 12.7. The average Bonchev–Trinajstić information content (AvgIpc) is 2.49. The van der Waals surface area contributed by atoms with E-state index < -0.39 is 10.0 Å². The molecule has 2 rings (SSSR count). The van der Waals surface area contributed by atoms with E-state index in [-0.39, 0.29) is 4.90 Å². The Morgan fingerprint density at radius 2 is 1.52 bits per heavy atom. The Bertz CT molecular complexity index is 694. The number of halogens is 1. The van der Waals surface area contributed by atoms with Gasteiger partial charge in [-0.1, -0.05) is 30.7 Å². The van der Waals surface area contributed by atoms with Gasteiger partial charge in [0, 0.05) is 11.6 Å². The van der Waals surface area contributed by atoms with Gasteiger partial charge in [0.15, 0.2) is 0 Å². The largest absolute Gasteiger partial charge is 0.267 e. The third-order valence-electron chi connectivity index (χ3n) is 3.32. The molecule has 0 atom stereocenters. The molecule has 0 aromatic heterocycles. The van der Waals surface area contributed by atoms with Gasteiger partial charge >= 0.3 is 0 Å². The van der Waals surface area contributed by atoms with E-state index in [1.807, 2.05) is 31.2 Å². The Morgan fingerprint density at radius 1 is 0.952 bits per heavy atom. The van der Waals surface area contributed by atoms with Crippen molar-refractivity contribution < 1.29 is 8.42 Å². The molecule has 0 bridgehead atoms. The SMILES string of the molecule is CCc1ccc(N(CC)S(=O)(=O)c2ccc(Cl)cc2)cc1. The van der Waals surface area contributed by atoms with Crippen LogP contribution in [-0.2, 0) is 16.4 Å². The van der Waals surface area contributed by atoms with Gasteiger partial charge in [-0.3, -0.25) is 4.31 Å². The Balaban J connectivity index is 2.41. The van der Waals surface area contributed by atoms with Crippen LogP contribution in [0.15, 0.2) is 53.4 Å². The lowest BCUT2D eigenvalue weighted by Gasteiger charge is -2.23. The monoisotopic (exact) mass is 323 g/mol. The molecule has 0 spiro atoms. The highest BCUT2D eigenvalue weighted by molar-refractivity contribution is 7.92. The van der Waals surface area contributed by atoms with E-state index in [1.54, 1.807) is 12.1 Å². The van der Waals surface area contributed by atoms with Crippen molar-refractivity contribution in [2.24, 2.45) is 0 Å². The van der Waals surface area contributed by atoms with E-state index in [4.69, 9.17) is 11.6 Å². The highest BCUT2D eigenvalue weighted by atomic mass is 35.5. The third kappa shape index (κ3) is 3.39. The summed E-state index contributed by atoms with van der Waals surface area (Å²) in [6.07, 6.45) is 0.927. The summed E-state index contributed by atoms with van der Waals surface area (Å²) in [5, 5.41) is 0.518. The molecule has 5 heteroatoms. The van der Waals surface area contributed by atoms with Crippen LogP contribution < -0.4 is 4.31 Å². The molecule has 0 fully saturated rings. The van der Waals surface area contributed by atoms with Gasteiger partial charge in [0.25, 0.3) is 10.0 Å². The molecule has 21 heavy (non-hydrogen) atoms. The zero-order chi connectivity index (χ0) is 15.5. The molecule has 0 amide bonds. The molecule has 0 N–H and O–H groups in total. The molecule has 0 saturated carbocycles. The van der Waals surface area contributed by atoms with Gasteiger partial charge in [-0.05, 0) is 55.3 Å². The molecule has 0 radical (unpaired) electrons. The summed E-state index contributed by atoms with van der Waals surface area (Å²) in [4.78, 5) is 0.244. The second-order valence-electron chi connectivity index (χ2n) is 4.64. The van der Waals surface area contributed by atoms with Crippen LogP contribution in [0.4, 0.5) is 5.69 Å². The normalized spacial score (nSPS) is 11.4. The number of rotatable bonds is 5. The van der Waals surface area contributed by atoms with Crippen molar-refractivity contribution in [3.63, 3.8) is 0 Å². The van der Waals surface area contributed by atoms with Crippen molar-refractivity contribution in [1.82, 2.24) is 0 Å². The predicted molar refractivity (Wildman–Crippen MR) is 87.5 cm³/mol. The number of hydrogen-bond donors (Lipinski definition) is 0. The topological polar surface area (TPSA) is 37.4 Å². The van der Waals surface area contributed by atoms with Gasteiger partial charge in [0.1, 0.15) is 0 Å². The summed E-state index contributed by atoms with van der Waals surface area (Å²) >= 11 is 5.82. The number of sulfonamides is 1. The van der Waals surface area contributed by atoms with Crippen molar-refractivity contribution >= 4 is 27.3 Å². The molecule has 112 valence electrons. The van der Waals surface area contributed by atoms with Gasteiger partial charge in [-0.25, -0.2) is 8.42 Å². The molecule has 0 saturated heterocycles. The first-order valence-electron chi connectivity index (χ1n) is 6.86. The standard InChI is InChI=1S/C16H18ClNO2S/c1-3-13-5-9-15(10-6-13)18(4-2)21(19,20)16-11-7-14(17)8-12-16/h5-12H,3-4H2,1-2H3. The quantitative estimate of drug-likeness (QED) is 0.830. The van der Waals surface area contributed by atoms with Gasteiger partial charge in [-0.2, -0.15) is 0 Å². The van der Waals surface area contributed by atoms with Crippen LogP contribution in [-0.4, -0.2) is 15.0 Å². The summed E-state index contributed by atoms with van der Waals surface area (Å²) in [6.45, 7) is 4.26. The van der Waals surface area contributed by atoms with E-state index in [1.165, 1.54) is 22.0 Å². The minimum absolute atomic E-state index is 0.244. The minimum atomic E-state index is -3.57. The number of benzene rings is 2. The molecule has 0 aliphatic rings. The first-order valence-corrected chi connectivity index (χ1v) is 8.68. The molecular formula is C16H18ClNO2S. The fraction of sp³-hybridized carbons (Fsp3) is 0.250. The second-order valence-corrected chi connectivity index (χ2v) is 6.94. The van der Waals surface area contributed by atoms with Crippen molar-refractivity contribution in [3.8, 4) is 0 Å². The lowest BCUT2D eigenvalue weighted by atomic mass is 10.1. The van der Waals surface area contributed by atoms with Crippen molar-refractivity contribution in [2.75, 3.05) is 10.8 Å². The Hall–Kier alpha value is -1.52. The second kappa shape index (κ2) is 6.50. The third-order valence-corrected chi connectivity index (χ3v) is 5.49. The van der Waals surface area contributed by atoms with Crippen LogP contribution in [0, 0.1) is 0 Å². The van der Waals surface area contributed by atoms with Gasteiger partial charge < -0.3 is 0 Å². The highest BCUT2D eigenvalue weighted by Crippen LogP contribution is 2.24. The number of nitrogens with zero attached hydrogens (tertiary/aromatic N) is 1. The van der Waals surface area contributed by atoms with Gasteiger partial charge in [0.05, 0.1) is 10.6 Å². The zero-order valence-corrected chi connectivity index (χ0v) is 13.7. The first-order chi connectivity index (χ1) is 9.98. The fourth-order valence-electron chi connectivity index (χ4n) is 2.12. The first kappa shape index (κ1) is 15.9. The predicted octanol–water partition coefficient (Wildman–Crippen LogP) is 4.12. The van der Waals surface area contributed by atoms with E-state index in [2.05, 4.69) is 6.92 Å². The summed E-state index contributed by atoms with van der Waals surface area (Å²) in [5.41, 5.74) is 1.85. The summed E-state index contributed by atoms with van der Waals surface area (Å²) < 4.78 is 26.8. The molecule has 2 aromatic carbocycles. The van der Waals surface area contributed by atoms with E-state index in [9.17, 15) is 8.42 Å². The fourth-order valence-corrected chi connectivity index (χ4v) is 3.72. The summed E-state index contributed by atoms with van der Waals surface area (Å²) in [5.74, 6) is 0. The van der Waals surface area contributed by atoms with Crippen LogP contribution >= 0.6 is 11.6 Å². The summed E-state index contributed by atoms with van der Waals surface area (Å²) in [7, 11) is -3.57. The van der Waals surface area contributed by atoms with Crippen LogP contribution in [0.2, 0.25) is 5.02 Å². The minimum Gasteiger partial charge on any atom is -0.267 e. The average molecular weight is 324 g/mol. The van der Waals surface area contributed by atoms with E-state index in [0.717, 1.165) is 6.42 Å². The number of anilines is 1. The molecule has 0 aliphatic carbocycles. The van der Waals surface area contributed by atoms with Gasteiger partial charge in [-0.15, -0.1) is 0 Å².